The molecule has 0 bridgehead atoms. The molecule has 1 heterocycles. The van der Waals surface area contributed by atoms with E-state index in [1.165, 1.54) is 17.0 Å². The molecule has 148 valence electrons. The van der Waals surface area contributed by atoms with E-state index < -0.39 is 18.1 Å². The van der Waals surface area contributed by atoms with E-state index in [1.54, 1.807) is 36.4 Å². The van der Waals surface area contributed by atoms with Gasteiger partial charge in [-0.25, -0.2) is 4.39 Å². The Morgan fingerprint density at radius 1 is 1.18 bits per heavy atom. The summed E-state index contributed by atoms with van der Waals surface area (Å²) in [4.78, 5) is 24.4. The number of ether oxygens (including phenoxy) is 1. The van der Waals surface area contributed by atoms with E-state index in [9.17, 15) is 27.2 Å². The summed E-state index contributed by atoms with van der Waals surface area (Å²) >= 11 is 0. The van der Waals surface area contributed by atoms with E-state index in [0.717, 1.165) is 0 Å². The molecule has 0 aliphatic carbocycles. The number of alkyl halides is 3. The molecule has 1 unspecified atom stereocenters. The predicted molar refractivity (Wildman–Crippen MR) is 92.1 cm³/mol. The first-order valence-electron chi connectivity index (χ1n) is 8.38. The zero-order valence-corrected chi connectivity index (χ0v) is 14.5. The van der Waals surface area contributed by atoms with Gasteiger partial charge >= 0.3 is 12.1 Å². The molecule has 28 heavy (non-hydrogen) atoms. The van der Waals surface area contributed by atoms with Gasteiger partial charge in [0.1, 0.15) is 18.2 Å². The number of halogens is 4. The molecule has 5 nitrogen and oxygen atoms in total. The van der Waals surface area contributed by atoms with Gasteiger partial charge in [-0.3, -0.25) is 9.59 Å². The third-order valence-corrected chi connectivity index (χ3v) is 4.16. The molecule has 1 saturated heterocycles. The fraction of sp³-hybridized carbons (Fsp3) is 0.263. The minimum atomic E-state index is -4.99. The van der Waals surface area contributed by atoms with Crippen molar-refractivity contribution in [3.8, 4) is 5.75 Å². The monoisotopic (exact) mass is 396 g/mol. The summed E-state index contributed by atoms with van der Waals surface area (Å²) in [5, 5.41) is 1.82. The lowest BCUT2D eigenvalue weighted by molar-refractivity contribution is -0.174. The first-order valence-corrected chi connectivity index (χ1v) is 8.38. The van der Waals surface area contributed by atoms with Crippen molar-refractivity contribution in [3.05, 3.63) is 59.9 Å². The minimum absolute atomic E-state index is 0.0514. The van der Waals surface area contributed by atoms with Crippen LogP contribution in [0.15, 0.2) is 48.5 Å². The minimum Gasteiger partial charge on any atom is -0.489 e. The lowest BCUT2D eigenvalue weighted by Crippen LogP contribution is -2.44. The van der Waals surface area contributed by atoms with E-state index in [-0.39, 0.29) is 31.3 Å². The standard InChI is InChI=1S/C19H16F4N2O3/c20-13-3-1-2-12(8-13)11-28-16-6-4-15(5-7-16)25-10-14(9-17(25)26)24-18(27)19(21,22)23/h1-8,14H,9-11H2,(H,24,27). The predicted octanol–water partition coefficient (Wildman–Crippen LogP) is 3.19. The highest BCUT2D eigenvalue weighted by Crippen LogP contribution is 2.25. The van der Waals surface area contributed by atoms with Gasteiger partial charge in [-0.05, 0) is 42.0 Å². The molecule has 1 N–H and O–H groups in total. The zero-order chi connectivity index (χ0) is 20.3. The number of nitrogens with one attached hydrogen (secondary N) is 1. The van der Waals surface area contributed by atoms with Gasteiger partial charge in [-0.1, -0.05) is 12.1 Å². The summed E-state index contributed by atoms with van der Waals surface area (Å²) in [5.74, 6) is -2.33. The molecule has 1 atom stereocenters. The Labute approximate surface area is 157 Å². The van der Waals surface area contributed by atoms with Gasteiger partial charge in [0.05, 0.1) is 6.04 Å². The average molecular weight is 396 g/mol. The van der Waals surface area contributed by atoms with E-state index in [2.05, 4.69) is 0 Å². The topological polar surface area (TPSA) is 58.6 Å². The van der Waals surface area contributed by atoms with Gasteiger partial charge in [0.15, 0.2) is 0 Å². The Kier molecular flexibility index (Phi) is 5.53. The van der Waals surface area contributed by atoms with Crippen LogP contribution in [0.5, 0.6) is 5.75 Å². The lowest BCUT2D eigenvalue weighted by Gasteiger charge is -2.18. The highest BCUT2D eigenvalue weighted by atomic mass is 19.4. The van der Waals surface area contributed by atoms with E-state index in [1.807, 2.05) is 5.32 Å². The van der Waals surface area contributed by atoms with Gasteiger partial charge in [0.25, 0.3) is 0 Å². The van der Waals surface area contributed by atoms with Crippen molar-refractivity contribution >= 4 is 17.5 Å². The Balaban J connectivity index is 1.58. The van der Waals surface area contributed by atoms with Crippen LogP contribution in [-0.4, -0.2) is 30.6 Å². The molecule has 3 rings (SSSR count). The summed E-state index contributed by atoms with van der Waals surface area (Å²) in [6.07, 6.45) is -5.20. The number of amides is 2. The van der Waals surface area contributed by atoms with Crippen LogP contribution < -0.4 is 15.0 Å². The van der Waals surface area contributed by atoms with Crippen molar-refractivity contribution in [2.24, 2.45) is 0 Å². The maximum absolute atomic E-state index is 13.1. The number of rotatable bonds is 5. The van der Waals surface area contributed by atoms with Crippen LogP contribution >= 0.6 is 0 Å². The number of hydrogen-bond donors (Lipinski definition) is 1. The molecule has 2 aromatic carbocycles. The van der Waals surface area contributed by atoms with Crippen LogP contribution in [0.1, 0.15) is 12.0 Å². The van der Waals surface area contributed by atoms with Gasteiger partial charge < -0.3 is 15.0 Å². The highest BCUT2D eigenvalue weighted by Gasteiger charge is 2.42. The lowest BCUT2D eigenvalue weighted by atomic mass is 10.2. The van der Waals surface area contributed by atoms with Crippen LogP contribution in [-0.2, 0) is 16.2 Å². The molecule has 0 saturated carbocycles. The van der Waals surface area contributed by atoms with Crippen LogP contribution in [0.3, 0.4) is 0 Å². The summed E-state index contributed by atoms with van der Waals surface area (Å²) < 4.78 is 55.7. The Hall–Kier alpha value is -3.10. The van der Waals surface area contributed by atoms with Gasteiger partial charge in [-0.15, -0.1) is 0 Å². The Morgan fingerprint density at radius 2 is 1.89 bits per heavy atom. The quantitative estimate of drug-likeness (QED) is 0.790. The van der Waals surface area contributed by atoms with Crippen LogP contribution in [0.2, 0.25) is 0 Å². The maximum Gasteiger partial charge on any atom is 0.471 e. The van der Waals surface area contributed by atoms with Crippen molar-refractivity contribution in [1.29, 1.82) is 0 Å². The van der Waals surface area contributed by atoms with Gasteiger partial charge in [0, 0.05) is 18.7 Å². The van der Waals surface area contributed by atoms with E-state index in [0.29, 0.717) is 17.0 Å². The fourth-order valence-corrected chi connectivity index (χ4v) is 2.84. The second-order valence-electron chi connectivity index (χ2n) is 6.29. The molecule has 2 aromatic rings. The smallest absolute Gasteiger partial charge is 0.471 e. The van der Waals surface area contributed by atoms with Gasteiger partial charge in [-0.2, -0.15) is 13.2 Å². The van der Waals surface area contributed by atoms with Crippen LogP contribution in [0.4, 0.5) is 23.2 Å². The van der Waals surface area contributed by atoms with Crippen molar-refractivity contribution in [2.45, 2.75) is 25.2 Å². The molecule has 0 spiro atoms. The molecule has 1 aliphatic heterocycles. The molecule has 0 radical (unpaired) electrons. The van der Waals surface area contributed by atoms with E-state index in [4.69, 9.17) is 4.74 Å². The number of hydrogen-bond acceptors (Lipinski definition) is 3. The summed E-state index contributed by atoms with van der Waals surface area (Å²) in [6.45, 7) is 0.107. The van der Waals surface area contributed by atoms with Crippen LogP contribution in [0, 0.1) is 5.82 Å². The molecule has 1 fully saturated rings. The number of anilines is 1. The maximum atomic E-state index is 13.1. The zero-order valence-electron chi connectivity index (χ0n) is 14.5. The summed E-state index contributed by atoms with van der Waals surface area (Å²) in [6, 6.07) is 11.4. The molecular formula is C19H16F4N2O3. The largest absolute Gasteiger partial charge is 0.489 e. The molecule has 2 amide bonds. The molecular weight excluding hydrogens is 380 g/mol. The number of benzene rings is 2. The normalized spacial score (nSPS) is 16.9. The molecule has 0 aromatic heterocycles. The number of carbonyl (C=O) groups is 2. The Morgan fingerprint density at radius 3 is 2.54 bits per heavy atom. The fourth-order valence-electron chi connectivity index (χ4n) is 2.84. The Bertz CT molecular complexity index is 868. The van der Waals surface area contributed by atoms with Crippen molar-refractivity contribution < 1.29 is 31.9 Å². The number of carbonyl (C=O) groups excluding carboxylic acids is 2. The van der Waals surface area contributed by atoms with Gasteiger partial charge in [0.2, 0.25) is 5.91 Å². The van der Waals surface area contributed by atoms with Crippen molar-refractivity contribution in [2.75, 3.05) is 11.4 Å². The number of nitrogens with zero attached hydrogens (tertiary/aromatic N) is 1. The average Bonchev–Trinajstić information content (AvgIpc) is 3.00. The van der Waals surface area contributed by atoms with Crippen molar-refractivity contribution in [3.63, 3.8) is 0 Å². The summed E-state index contributed by atoms with van der Waals surface area (Å²) in [5.41, 5.74) is 1.13. The molecule has 1 aliphatic rings. The molecule has 9 heteroatoms. The van der Waals surface area contributed by atoms with E-state index >= 15 is 0 Å². The van der Waals surface area contributed by atoms with Crippen molar-refractivity contribution in [1.82, 2.24) is 5.32 Å². The van der Waals surface area contributed by atoms with Crippen LogP contribution in [0.25, 0.3) is 0 Å². The SMILES string of the molecule is O=C1CC(NC(=O)C(F)(F)F)CN1c1ccc(OCc2cccc(F)c2)cc1. The highest BCUT2D eigenvalue weighted by molar-refractivity contribution is 5.97. The third kappa shape index (κ3) is 4.79. The second kappa shape index (κ2) is 7.87. The third-order valence-electron chi connectivity index (χ3n) is 4.16. The first kappa shape index (κ1) is 19.7. The second-order valence-corrected chi connectivity index (χ2v) is 6.29. The first-order chi connectivity index (χ1) is 13.2. The summed E-state index contributed by atoms with van der Waals surface area (Å²) in [7, 11) is 0.